The molecule has 0 saturated heterocycles. The quantitative estimate of drug-likeness (QED) is 0.787. The molecule has 0 spiro atoms. The second kappa shape index (κ2) is 3.48. The molecular weight excluding hydrogens is 230 g/mol. The standard InChI is InChI=1S/C10H11NO4S/c1-6-10(12)16(13,14)8-5-3-4-7(15-2)9(8)11-6/h3-6,11H,1-2H3. The van der Waals surface area contributed by atoms with E-state index in [1.54, 1.807) is 12.1 Å². The lowest BCUT2D eigenvalue weighted by atomic mass is 10.2. The molecule has 0 bridgehead atoms. The molecule has 0 aromatic heterocycles. The summed E-state index contributed by atoms with van der Waals surface area (Å²) in [6.07, 6.45) is 0. The van der Waals surface area contributed by atoms with Gasteiger partial charge >= 0.3 is 0 Å². The first-order valence-corrected chi connectivity index (χ1v) is 6.19. The summed E-state index contributed by atoms with van der Waals surface area (Å²) in [7, 11) is -2.43. The number of fused-ring (bicyclic) bond motifs is 1. The Hall–Kier alpha value is -1.56. The zero-order valence-electron chi connectivity index (χ0n) is 8.85. The van der Waals surface area contributed by atoms with Crippen molar-refractivity contribution < 1.29 is 17.9 Å². The lowest BCUT2D eigenvalue weighted by molar-refractivity contribution is -0.112. The van der Waals surface area contributed by atoms with E-state index in [9.17, 15) is 13.2 Å². The molecule has 1 aliphatic rings. The van der Waals surface area contributed by atoms with Crippen molar-refractivity contribution in [2.24, 2.45) is 0 Å². The molecule has 2 rings (SSSR count). The van der Waals surface area contributed by atoms with Crippen LogP contribution in [0.25, 0.3) is 0 Å². The van der Waals surface area contributed by atoms with E-state index in [1.807, 2.05) is 0 Å². The van der Waals surface area contributed by atoms with Gasteiger partial charge in [0.1, 0.15) is 10.6 Å². The number of carbonyl (C=O) groups excluding carboxylic acids is 1. The Bertz CT molecular complexity index is 550. The summed E-state index contributed by atoms with van der Waals surface area (Å²) < 4.78 is 28.7. The highest BCUT2D eigenvalue weighted by Gasteiger charge is 2.38. The van der Waals surface area contributed by atoms with Crippen LogP contribution in [-0.2, 0) is 14.6 Å². The van der Waals surface area contributed by atoms with Crippen molar-refractivity contribution in [2.75, 3.05) is 12.4 Å². The number of hydrogen-bond donors (Lipinski definition) is 1. The summed E-state index contributed by atoms with van der Waals surface area (Å²) >= 11 is 0. The minimum absolute atomic E-state index is 0.0186. The maximum absolute atomic E-state index is 11.8. The van der Waals surface area contributed by atoms with Gasteiger partial charge in [0, 0.05) is 0 Å². The molecule has 1 unspecified atom stereocenters. The molecule has 5 nitrogen and oxygen atoms in total. The Morgan fingerprint density at radius 2 is 2.06 bits per heavy atom. The fraction of sp³-hybridized carbons (Fsp3) is 0.300. The number of anilines is 1. The van der Waals surface area contributed by atoms with Gasteiger partial charge in [0.05, 0.1) is 18.8 Å². The van der Waals surface area contributed by atoms with Gasteiger partial charge in [-0.25, -0.2) is 8.42 Å². The van der Waals surface area contributed by atoms with E-state index in [0.717, 1.165) is 0 Å². The molecule has 1 atom stereocenters. The topological polar surface area (TPSA) is 72.5 Å². The normalized spacial score (nSPS) is 22.1. The lowest BCUT2D eigenvalue weighted by Gasteiger charge is -2.24. The van der Waals surface area contributed by atoms with E-state index < -0.39 is 21.0 Å². The summed E-state index contributed by atoms with van der Waals surface area (Å²) in [4.78, 5) is 11.5. The first-order valence-electron chi connectivity index (χ1n) is 4.71. The van der Waals surface area contributed by atoms with Crippen LogP contribution in [0.4, 0.5) is 5.69 Å². The Morgan fingerprint density at radius 1 is 1.38 bits per heavy atom. The van der Waals surface area contributed by atoms with Crippen LogP contribution in [0.1, 0.15) is 6.92 Å². The minimum Gasteiger partial charge on any atom is -0.495 e. The first kappa shape index (κ1) is 10.9. The van der Waals surface area contributed by atoms with Gasteiger partial charge in [0.2, 0.25) is 9.84 Å². The summed E-state index contributed by atoms with van der Waals surface area (Å²) in [6, 6.07) is 3.82. The van der Waals surface area contributed by atoms with E-state index in [4.69, 9.17) is 4.74 Å². The van der Waals surface area contributed by atoms with Crippen LogP contribution in [-0.4, -0.2) is 26.7 Å². The second-order valence-electron chi connectivity index (χ2n) is 3.52. The van der Waals surface area contributed by atoms with Crippen molar-refractivity contribution in [1.29, 1.82) is 0 Å². The first-order chi connectivity index (χ1) is 7.48. The predicted molar refractivity (Wildman–Crippen MR) is 58.3 cm³/mol. The molecule has 1 aromatic carbocycles. The van der Waals surface area contributed by atoms with Gasteiger partial charge in [-0.05, 0) is 19.1 Å². The molecule has 1 aliphatic heterocycles. The van der Waals surface area contributed by atoms with Crippen molar-refractivity contribution in [3.05, 3.63) is 18.2 Å². The van der Waals surface area contributed by atoms with Gasteiger partial charge in [-0.15, -0.1) is 0 Å². The van der Waals surface area contributed by atoms with Crippen LogP contribution in [0.15, 0.2) is 23.1 Å². The fourth-order valence-corrected chi connectivity index (χ4v) is 3.09. The van der Waals surface area contributed by atoms with Crippen molar-refractivity contribution in [2.45, 2.75) is 17.9 Å². The monoisotopic (exact) mass is 241 g/mol. The van der Waals surface area contributed by atoms with E-state index in [0.29, 0.717) is 11.4 Å². The molecule has 0 radical (unpaired) electrons. The predicted octanol–water partition coefficient (Wildman–Crippen LogP) is 0.809. The summed E-state index contributed by atoms with van der Waals surface area (Å²) in [5, 5.41) is 2.02. The molecule has 1 N–H and O–H groups in total. The summed E-state index contributed by atoms with van der Waals surface area (Å²) in [5.41, 5.74) is 0.358. The van der Waals surface area contributed by atoms with Crippen LogP contribution in [0, 0.1) is 0 Å². The maximum atomic E-state index is 11.8. The molecule has 6 heteroatoms. The minimum atomic E-state index is -3.88. The van der Waals surface area contributed by atoms with E-state index >= 15 is 0 Å². The smallest absolute Gasteiger partial charge is 0.272 e. The van der Waals surface area contributed by atoms with Crippen LogP contribution in [0.2, 0.25) is 0 Å². The van der Waals surface area contributed by atoms with Crippen LogP contribution in [0.3, 0.4) is 0 Å². The summed E-state index contributed by atoms with van der Waals surface area (Å²) in [5.74, 6) is 0.417. The average Bonchev–Trinajstić information content (AvgIpc) is 2.26. The Kier molecular flexibility index (Phi) is 2.38. The van der Waals surface area contributed by atoms with Crippen LogP contribution < -0.4 is 10.1 Å². The molecule has 86 valence electrons. The van der Waals surface area contributed by atoms with Crippen LogP contribution in [0.5, 0.6) is 5.75 Å². The Morgan fingerprint density at radius 3 is 2.69 bits per heavy atom. The Labute approximate surface area is 93.3 Å². The van der Waals surface area contributed by atoms with Crippen molar-refractivity contribution >= 4 is 20.6 Å². The molecule has 0 aliphatic carbocycles. The molecular formula is C10H11NO4S. The highest BCUT2D eigenvalue weighted by molar-refractivity contribution is 8.06. The molecule has 0 amide bonds. The van der Waals surface area contributed by atoms with E-state index in [2.05, 4.69) is 5.32 Å². The largest absolute Gasteiger partial charge is 0.495 e. The highest BCUT2D eigenvalue weighted by atomic mass is 32.2. The molecule has 0 saturated carbocycles. The third-order valence-electron chi connectivity index (χ3n) is 2.48. The lowest BCUT2D eigenvalue weighted by Crippen LogP contribution is -2.37. The van der Waals surface area contributed by atoms with Crippen LogP contribution >= 0.6 is 0 Å². The average molecular weight is 241 g/mol. The number of para-hydroxylation sites is 1. The summed E-state index contributed by atoms with van der Waals surface area (Å²) in [6.45, 7) is 1.51. The van der Waals surface area contributed by atoms with Gasteiger partial charge in [-0.1, -0.05) is 6.07 Å². The fourth-order valence-electron chi connectivity index (χ4n) is 1.66. The number of ether oxygens (including phenoxy) is 1. The SMILES string of the molecule is COc1cccc2c1NC(C)C(=O)S2(=O)=O. The van der Waals surface area contributed by atoms with Crippen molar-refractivity contribution in [3.8, 4) is 5.75 Å². The molecule has 1 heterocycles. The number of sulfone groups is 1. The number of rotatable bonds is 1. The van der Waals surface area contributed by atoms with Crippen molar-refractivity contribution in [1.82, 2.24) is 0 Å². The highest BCUT2D eigenvalue weighted by Crippen LogP contribution is 2.36. The molecule has 16 heavy (non-hydrogen) atoms. The van der Waals surface area contributed by atoms with Crippen molar-refractivity contribution in [3.63, 3.8) is 0 Å². The number of nitrogens with one attached hydrogen (secondary N) is 1. The molecule has 1 aromatic rings. The van der Waals surface area contributed by atoms with Gasteiger partial charge in [-0.3, -0.25) is 4.79 Å². The van der Waals surface area contributed by atoms with Gasteiger partial charge in [0.15, 0.2) is 0 Å². The zero-order valence-corrected chi connectivity index (χ0v) is 9.67. The number of benzene rings is 1. The zero-order chi connectivity index (χ0) is 11.9. The van der Waals surface area contributed by atoms with E-state index in [1.165, 1.54) is 20.1 Å². The van der Waals surface area contributed by atoms with E-state index in [-0.39, 0.29) is 4.90 Å². The van der Waals surface area contributed by atoms with Gasteiger partial charge in [-0.2, -0.15) is 0 Å². The number of hydrogen-bond acceptors (Lipinski definition) is 5. The maximum Gasteiger partial charge on any atom is 0.272 e. The number of carbonyl (C=O) groups is 1. The number of methoxy groups -OCH3 is 1. The Balaban J connectivity index is 2.74. The third-order valence-corrected chi connectivity index (χ3v) is 4.28. The third kappa shape index (κ3) is 1.37. The van der Waals surface area contributed by atoms with Gasteiger partial charge in [0.25, 0.3) is 5.12 Å². The second-order valence-corrected chi connectivity index (χ2v) is 5.37. The van der Waals surface area contributed by atoms with Gasteiger partial charge < -0.3 is 10.1 Å². The molecule has 0 fully saturated rings.